The van der Waals surface area contributed by atoms with Crippen molar-refractivity contribution in [2.45, 2.75) is 54.1 Å². The van der Waals surface area contributed by atoms with Crippen LogP contribution in [0, 0.1) is 5.92 Å². The third-order valence-corrected chi connectivity index (χ3v) is 2.08. The van der Waals surface area contributed by atoms with Crippen LogP contribution in [0.3, 0.4) is 0 Å². The number of allylic oxidation sites excluding steroid dienone is 7. The summed E-state index contributed by atoms with van der Waals surface area (Å²) in [6, 6.07) is 0. The molecule has 0 unspecified atom stereocenters. The predicted molar refractivity (Wildman–Crippen MR) is 83.7 cm³/mol. The van der Waals surface area contributed by atoms with Gasteiger partial charge in [0, 0.05) is 0 Å². The van der Waals surface area contributed by atoms with Crippen LogP contribution >= 0.6 is 0 Å². The van der Waals surface area contributed by atoms with E-state index in [1.54, 1.807) is 0 Å². The normalized spacial score (nSPS) is 14.6. The van der Waals surface area contributed by atoms with E-state index in [2.05, 4.69) is 26.0 Å². The maximum absolute atomic E-state index is 9.33. The van der Waals surface area contributed by atoms with Gasteiger partial charge in [-0.1, -0.05) is 82.7 Å². The minimum absolute atomic E-state index is 0.326. The zero-order valence-electron chi connectivity index (χ0n) is 12.9. The summed E-state index contributed by atoms with van der Waals surface area (Å²) in [4.78, 5) is 0. The topological polar surface area (TPSA) is 20.2 Å². The van der Waals surface area contributed by atoms with Gasteiger partial charge in [0.05, 0.1) is 6.10 Å². The molecule has 0 fully saturated rings. The first-order valence-electron chi connectivity index (χ1n) is 6.94. The molecule has 1 N–H and O–H groups in total. The van der Waals surface area contributed by atoms with Crippen LogP contribution in [-0.4, -0.2) is 11.2 Å². The first kappa shape index (κ1) is 19.3. The Bertz CT molecular complexity index is 280. The lowest BCUT2D eigenvalue weighted by Crippen LogP contribution is -1.97. The van der Waals surface area contributed by atoms with Gasteiger partial charge in [0.2, 0.25) is 0 Å². The van der Waals surface area contributed by atoms with Crippen LogP contribution in [0.4, 0.5) is 0 Å². The van der Waals surface area contributed by atoms with Crippen molar-refractivity contribution in [2.75, 3.05) is 0 Å². The van der Waals surface area contributed by atoms with Gasteiger partial charge >= 0.3 is 0 Å². The first-order chi connectivity index (χ1) is 8.56. The zero-order valence-corrected chi connectivity index (χ0v) is 12.9. The largest absolute Gasteiger partial charge is 0.389 e. The molecule has 0 aliphatic heterocycles. The number of aliphatic hydroxyl groups is 1. The Morgan fingerprint density at radius 1 is 1.06 bits per heavy atom. The van der Waals surface area contributed by atoms with Gasteiger partial charge in [-0.05, 0) is 19.3 Å². The second kappa shape index (κ2) is 14.0. The molecule has 0 aromatic carbocycles. The van der Waals surface area contributed by atoms with Gasteiger partial charge in [-0.2, -0.15) is 0 Å². The van der Waals surface area contributed by atoms with E-state index in [1.807, 2.05) is 58.1 Å². The van der Waals surface area contributed by atoms with Crippen molar-refractivity contribution in [3.8, 4) is 0 Å². The fourth-order valence-corrected chi connectivity index (χ4v) is 1.01. The summed E-state index contributed by atoms with van der Waals surface area (Å²) >= 11 is 0. The van der Waals surface area contributed by atoms with Gasteiger partial charge < -0.3 is 5.11 Å². The summed E-state index contributed by atoms with van der Waals surface area (Å²) in [5.41, 5.74) is 1.14. The standard InChI is InChI=1S/C15H24O.C2H6/c1-5-15(16)12-11-14(4)10-8-6-7-9-13(2)3;1-2/h6-13,15-16H,5H2,1-4H3;1-2H3/b8-6+,9-7+,12-11+,14-10+;/t15-;/m0./s1. The van der Waals surface area contributed by atoms with Crippen molar-refractivity contribution in [1.29, 1.82) is 0 Å². The molecule has 0 aromatic heterocycles. The Morgan fingerprint density at radius 2 is 1.67 bits per heavy atom. The van der Waals surface area contributed by atoms with Gasteiger partial charge in [0.25, 0.3) is 0 Å². The molecular weight excluding hydrogens is 220 g/mol. The highest BCUT2D eigenvalue weighted by molar-refractivity contribution is 5.23. The molecule has 18 heavy (non-hydrogen) atoms. The molecule has 1 atom stereocenters. The molecular formula is C17H30O. The van der Waals surface area contributed by atoms with Crippen LogP contribution in [0.25, 0.3) is 0 Å². The predicted octanol–water partition coefficient (Wildman–Crippen LogP) is 5.05. The average molecular weight is 250 g/mol. The van der Waals surface area contributed by atoms with Crippen molar-refractivity contribution in [3.63, 3.8) is 0 Å². The fourth-order valence-electron chi connectivity index (χ4n) is 1.01. The average Bonchev–Trinajstić information content (AvgIpc) is 2.37. The highest BCUT2D eigenvalue weighted by atomic mass is 16.3. The number of aliphatic hydroxyl groups excluding tert-OH is 1. The second-order valence-corrected chi connectivity index (χ2v) is 4.26. The molecule has 0 aliphatic rings. The number of hydrogen-bond acceptors (Lipinski definition) is 1. The van der Waals surface area contributed by atoms with Crippen LogP contribution in [-0.2, 0) is 0 Å². The van der Waals surface area contributed by atoms with Crippen molar-refractivity contribution < 1.29 is 5.11 Å². The highest BCUT2D eigenvalue weighted by Crippen LogP contribution is 2.00. The second-order valence-electron chi connectivity index (χ2n) is 4.26. The summed E-state index contributed by atoms with van der Waals surface area (Å²) in [6.07, 6.45) is 14.5. The Balaban J connectivity index is 0. The van der Waals surface area contributed by atoms with Crippen LogP contribution < -0.4 is 0 Å². The lowest BCUT2D eigenvalue weighted by molar-refractivity contribution is 0.219. The van der Waals surface area contributed by atoms with E-state index in [4.69, 9.17) is 0 Å². The number of hydrogen-bond donors (Lipinski definition) is 1. The first-order valence-corrected chi connectivity index (χ1v) is 6.94. The lowest BCUT2D eigenvalue weighted by atomic mass is 10.2. The Morgan fingerprint density at radius 3 is 2.17 bits per heavy atom. The van der Waals surface area contributed by atoms with Crippen molar-refractivity contribution >= 4 is 0 Å². The van der Waals surface area contributed by atoms with Crippen molar-refractivity contribution in [2.24, 2.45) is 5.92 Å². The van der Waals surface area contributed by atoms with Gasteiger partial charge in [-0.15, -0.1) is 0 Å². The maximum Gasteiger partial charge on any atom is 0.0721 e. The summed E-state index contributed by atoms with van der Waals surface area (Å²) in [6.45, 7) is 12.3. The Labute approximate surface area is 114 Å². The monoisotopic (exact) mass is 250 g/mol. The number of rotatable bonds is 6. The van der Waals surface area contributed by atoms with Crippen LogP contribution in [0.15, 0.2) is 48.1 Å². The smallest absolute Gasteiger partial charge is 0.0721 e. The molecule has 0 radical (unpaired) electrons. The quantitative estimate of drug-likeness (QED) is 0.654. The molecule has 0 saturated heterocycles. The summed E-state index contributed by atoms with van der Waals surface area (Å²) in [5.74, 6) is 0.592. The van der Waals surface area contributed by atoms with Gasteiger partial charge in [0.15, 0.2) is 0 Å². The third-order valence-electron chi connectivity index (χ3n) is 2.08. The van der Waals surface area contributed by atoms with Gasteiger partial charge in [0.1, 0.15) is 0 Å². The van der Waals surface area contributed by atoms with E-state index in [1.165, 1.54) is 0 Å². The molecule has 0 aliphatic carbocycles. The molecule has 104 valence electrons. The molecule has 0 saturated carbocycles. The maximum atomic E-state index is 9.33. The molecule has 0 bridgehead atoms. The minimum Gasteiger partial charge on any atom is -0.389 e. The van der Waals surface area contributed by atoms with Crippen molar-refractivity contribution in [1.82, 2.24) is 0 Å². The molecule has 0 rings (SSSR count). The minimum atomic E-state index is -0.326. The molecule has 0 heterocycles. The molecule has 1 heteroatoms. The molecule has 0 spiro atoms. The Hall–Kier alpha value is -1.08. The van der Waals surface area contributed by atoms with Crippen LogP contribution in [0.5, 0.6) is 0 Å². The van der Waals surface area contributed by atoms with E-state index in [-0.39, 0.29) is 6.10 Å². The summed E-state index contributed by atoms with van der Waals surface area (Å²) in [7, 11) is 0. The van der Waals surface area contributed by atoms with E-state index in [0.717, 1.165) is 12.0 Å². The lowest BCUT2D eigenvalue weighted by Gasteiger charge is -1.98. The summed E-state index contributed by atoms with van der Waals surface area (Å²) < 4.78 is 0. The van der Waals surface area contributed by atoms with E-state index >= 15 is 0 Å². The van der Waals surface area contributed by atoms with Crippen LogP contribution in [0.2, 0.25) is 0 Å². The highest BCUT2D eigenvalue weighted by Gasteiger charge is 1.91. The molecule has 0 amide bonds. The van der Waals surface area contributed by atoms with E-state index in [0.29, 0.717) is 5.92 Å². The van der Waals surface area contributed by atoms with Crippen LogP contribution in [0.1, 0.15) is 48.0 Å². The van der Waals surface area contributed by atoms with E-state index in [9.17, 15) is 5.11 Å². The fraction of sp³-hybridized carbons (Fsp3) is 0.529. The van der Waals surface area contributed by atoms with Gasteiger partial charge in [-0.25, -0.2) is 0 Å². The third kappa shape index (κ3) is 14.9. The van der Waals surface area contributed by atoms with E-state index < -0.39 is 0 Å². The molecule has 1 nitrogen and oxygen atoms in total. The SMILES string of the molecule is CC.CC[C@H](O)/C=C/C(C)=C/C=C/C=C/C(C)C. The molecule has 0 aromatic rings. The summed E-state index contributed by atoms with van der Waals surface area (Å²) in [5, 5.41) is 9.33. The van der Waals surface area contributed by atoms with Crippen molar-refractivity contribution in [3.05, 3.63) is 48.1 Å². The Kier molecular flexibility index (Phi) is 15.0. The zero-order chi connectivity index (χ0) is 14.4. The van der Waals surface area contributed by atoms with Gasteiger partial charge in [-0.3, -0.25) is 0 Å².